The molecule has 4 aliphatic heterocycles. The van der Waals surface area contributed by atoms with Gasteiger partial charge in [-0.2, -0.15) is 0 Å². The molecule has 0 aromatic heterocycles. The molecule has 0 radical (unpaired) electrons. The smallest absolute Gasteiger partial charge is 0.174 e. The van der Waals surface area contributed by atoms with Gasteiger partial charge in [-0.3, -0.25) is 9.80 Å². The summed E-state index contributed by atoms with van der Waals surface area (Å²) in [6.07, 6.45) is 2.55. The Morgan fingerprint density at radius 3 is 2.21 bits per heavy atom. The first-order valence-corrected chi connectivity index (χ1v) is 16.5. The number of likely N-dealkylation sites (N-methyl/N-ethyl adjacent to an activating group) is 2. The molecule has 4 aromatic rings. The van der Waals surface area contributed by atoms with Gasteiger partial charge in [-0.05, 0) is 111 Å². The summed E-state index contributed by atoms with van der Waals surface area (Å²) in [4.78, 5) is 4.75. The maximum absolute atomic E-state index is 10.6. The minimum atomic E-state index is -0.666. The van der Waals surface area contributed by atoms with Crippen LogP contribution in [0, 0.1) is 0 Å². The Labute approximate surface area is 277 Å². The van der Waals surface area contributed by atoms with Crippen molar-refractivity contribution in [2.45, 2.75) is 57.4 Å². The van der Waals surface area contributed by atoms with Gasteiger partial charge in [0.05, 0.1) is 26.9 Å². The molecule has 0 saturated carbocycles. The van der Waals surface area contributed by atoms with Crippen molar-refractivity contribution in [1.29, 1.82) is 0 Å². The lowest BCUT2D eigenvalue weighted by Crippen LogP contribution is -2.34. The number of hydrogen-bond acceptors (Lipinski definition) is 8. The number of rotatable bonds is 4. The van der Waals surface area contributed by atoms with Crippen molar-refractivity contribution in [1.82, 2.24) is 9.80 Å². The Bertz CT molecular complexity index is 1790. The monoisotopic (exact) mass is 636 g/mol. The molecule has 4 heterocycles. The van der Waals surface area contributed by atoms with E-state index in [9.17, 15) is 10.2 Å². The Balaban J connectivity index is 1.46. The largest absolute Gasteiger partial charge is 0.493 e. The van der Waals surface area contributed by atoms with Crippen molar-refractivity contribution >= 4 is 0 Å². The van der Waals surface area contributed by atoms with Gasteiger partial charge < -0.3 is 29.2 Å². The predicted molar refractivity (Wildman–Crippen MR) is 181 cm³/mol. The van der Waals surface area contributed by atoms with Gasteiger partial charge in [-0.1, -0.05) is 24.3 Å². The summed E-state index contributed by atoms with van der Waals surface area (Å²) in [7, 11) is 7.64. The normalized spacial score (nSPS) is 19.9. The molecule has 246 valence electrons. The topological polar surface area (TPSA) is 83.9 Å². The molecule has 0 spiro atoms. The SMILES string of the molecule is COc1cc2c3cc1Oc1c(OC)c(CO)cc4c1[C@H](Cc1ccc(cc1)Oc1cc(ccc1C(C)O)C[C@H]3N(C)CC2)N(C)CC4. The number of hydrogen-bond donors (Lipinski definition) is 2. The van der Waals surface area contributed by atoms with Gasteiger partial charge in [0.2, 0.25) is 0 Å². The zero-order valence-corrected chi connectivity index (χ0v) is 27.9. The molecule has 2 N–H and O–H groups in total. The molecule has 1 unspecified atom stereocenters. The number of ether oxygens (including phenoxy) is 4. The highest BCUT2D eigenvalue weighted by Crippen LogP contribution is 2.50. The summed E-state index contributed by atoms with van der Waals surface area (Å²) in [6.45, 7) is 3.41. The van der Waals surface area contributed by atoms with Gasteiger partial charge in [-0.15, -0.1) is 0 Å². The highest BCUT2D eigenvalue weighted by atomic mass is 16.5. The number of aliphatic hydroxyl groups excluding tert-OH is 2. The zero-order chi connectivity index (χ0) is 32.8. The fourth-order valence-electron chi connectivity index (χ4n) is 7.57. The molecule has 8 heteroatoms. The highest BCUT2D eigenvalue weighted by Gasteiger charge is 2.34. The molecule has 8 rings (SSSR count). The van der Waals surface area contributed by atoms with Crippen molar-refractivity contribution in [3.63, 3.8) is 0 Å². The van der Waals surface area contributed by atoms with Crippen LogP contribution < -0.4 is 18.9 Å². The Morgan fingerprint density at radius 2 is 1.51 bits per heavy atom. The van der Waals surface area contributed by atoms with Crippen LogP contribution in [0.5, 0.6) is 34.5 Å². The summed E-state index contributed by atoms with van der Waals surface area (Å²) in [5.74, 6) is 3.85. The van der Waals surface area contributed by atoms with Crippen LogP contribution in [0.15, 0.2) is 60.7 Å². The van der Waals surface area contributed by atoms with Gasteiger partial charge in [0.1, 0.15) is 11.5 Å². The van der Waals surface area contributed by atoms with Crippen LogP contribution in [-0.4, -0.2) is 61.4 Å². The third kappa shape index (κ3) is 5.84. The van der Waals surface area contributed by atoms with E-state index in [2.05, 4.69) is 66.4 Å². The van der Waals surface area contributed by atoms with E-state index >= 15 is 0 Å². The second-order valence-corrected chi connectivity index (χ2v) is 13.1. The molecule has 0 amide bonds. The van der Waals surface area contributed by atoms with Gasteiger partial charge in [-0.25, -0.2) is 0 Å². The second kappa shape index (κ2) is 12.8. The van der Waals surface area contributed by atoms with Crippen molar-refractivity contribution in [2.24, 2.45) is 0 Å². The van der Waals surface area contributed by atoms with Gasteiger partial charge >= 0.3 is 0 Å². The number of nitrogens with zero attached hydrogens (tertiary/aromatic N) is 2. The van der Waals surface area contributed by atoms with Crippen LogP contribution in [0.2, 0.25) is 0 Å². The minimum Gasteiger partial charge on any atom is -0.493 e. The van der Waals surface area contributed by atoms with Crippen molar-refractivity contribution < 1.29 is 29.2 Å². The van der Waals surface area contributed by atoms with E-state index in [4.69, 9.17) is 18.9 Å². The quantitative estimate of drug-likeness (QED) is 0.257. The van der Waals surface area contributed by atoms with E-state index in [1.54, 1.807) is 21.1 Å². The number of aliphatic hydroxyl groups is 2. The number of benzene rings is 4. The van der Waals surface area contributed by atoms with Gasteiger partial charge in [0.15, 0.2) is 23.0 Å². The molecule has 47 heavy (non-hydrogen) atoms. The lowest BCUT2D eigenvalue weighted by Gasteiger charge is -2.37. The van der Waals surface area contributed by atoms with Gasteiger partial charge in [0, 0.05) is 41.9 Å². The summed E-state index contributed by atoms with van der Waals surface area (Å²) < 4.78 is 25.4. The summed E-state index contributed by atoms with van der Waals surface area (Å²) >= 11 is 0. The van der Waals surface area contributed by atoms with Crippen LogP contribution in [0.4, 0.5) is 0 Å². The van der Waals surface area contributed by atoms with E-state index in [-0.39, 0.29) is 18.7 Å². The third-order valence-electron chi connectivity index (χ3n) is 10.2. The van der Waals surface area contributed by atoms with Crippen LogP contribution in [0.1, 0.15) is 69.6 Å². The predicted octanol–water partition coefficient (Wildman–Crippen LogP) is 6.69. The average Bonchev–Trinajstić information content (AvgIpc) is 3.07. The highest BCUT2D eigenvalue weighted by molar-refractivity contribution is 5.61. The Kier molecular flexibility index (Phi) is 8.61. The van der Waals surface area contributed by atoms with E-state index in [1.807, 2.05) is 18.2 Å². The molecule has 0 aliphatic carbocycles. The molecule has 6 bridgehead atoms. The molecular weight excluding hydrogens is 592 g/mol. The lowest BCUT2D eigenvalue weighted by molar-refractivity contribution is 0.195. The van der Waals surface area contributed by atoms with Crippen LogP contribution in [0.3, 0.4) is 0 Å². The number of fused-ring (bicyclic) bond motifs is 2. The molecule has 0 saturated heterocycles. The molecule has 8 nitrogen and oxygen atoms in total. The van der Waals surface area contributed by atoms with Crippen molar-refractivity contribution in [3.8, 4) is 34.5 Å². The fourth-order valence-corrected chi connectivity index (χ4v) is 7.57. The van der Waals surface area contributed by atoms with E-state index in [0.29, 0.717) is 34.3 Å². The van der Waals surface area contributed by atoms with Crippen LogP contribution >= 0.6 is 0 Å². The second-order valence-electron chi connectivity index (χ2n) is 13.1. The summed E-state index contributed by atoms with van der Waals surface area (Å²) in [5.41, 5.74) is 8.38. The standard InChI is InChI=1S/C39H44N2O6/c1-23(43)30-11-8-25-17-32-31-21-36(35(44-4)20-26(31)12-14-40(32)2)47-39-37-27(19-28(22-42)38(39)45-5)13-15-41(3)33(37)16-24-6-9-29(10-7-24)46-34(30)18-25/h6-11,18-21,23,32-33,42-43H,12-17,22H2,1-5H3/t23?,32-,33+/m1/s1. The van der Waals surface area contributed by atoms with Crippen molar-refractivity contribution in [2.75, 3.05) is 41.4 Å². The Morgan fingerprint density at radius 1 is 0.809 bits per heavy atom. The average molecular weight is 637 g/mol. The fraction of sp³-hybridized carbons (Fsp3) is 0.385. The maximum Gasteiger partial charge on any atom is 0.174 e. The van der Waals surface area contributed by atoms with E-state index in [0.717, 1.165) is 72.3 Å². The zero-order valence-electron chi connectivity index (χ0n) is 27.9. The van der Waals surface area contributed by atoms with E-state index in [1.165, 1.54) is 11.1 Å². The van der Waals surface area contributed by atoms with E-state index < -0.39 is 6.10 Å². The molecule has 0 fully saturated rings. The first-order chi connectivity index (χ1) is 22.8. The summed E-state index contributed by atoms with van der Waals surface area (Å²) in [6, 6.07) is 20.8. The Hall–Kier alpha value is -4.08. The van der Waals surface area contributed by atoms with Crippen LogP contribution in [-0.2, 0) is 32.3 Å². The minimum absolute atomic E-state index is 0.00192. The molecule has 3 atom stereocenters. The summed E-state index contributed by atoms with van der Waals surface area (Å²) in [5, 5.41) is 21.0. The molecular formula is C39H44N2O6. The molecule has 4 aliphatic rings. The lowest BCUT2D eigenvalue weighted by atomic mass is 9.86. The third-order valence-corrected chi connectivity index (χ3v) is 10.2. The van der Waals surface area contributed by atoms with Gasteiger partial charge in [0.25, 0.3) is 0 Å². The molecule has 4 aromatic carbocycles. The first kappa shape index (κ1) is 31.5. The first-order valence-electron chi connectivity index (χ1n) is 16.5. The maximum atomic E-state index is 10.6. The van der Waals surface area contributed by atoms with Crippen molar-refractivity contribution in [3.05, 3.63) is 105 Å². The van der Waals surface area contributed by atoms with Crippen LogP contribution in [0.25, 0.3) is 0 Å². The number of methoxy groups -OCH3 is 2.